The molecule has 0 saturated carbocycles. The summed E-state index contributed by atoms with van der Waals surface area (Å²) in [5.41, 5.74) is 0. The van der Waals surface area contributed by atoms with Gasteiger partial charge in [0, 0.05) is 5.92 Å². The van der Waals surface area contributed by atoms with Crippen LogP contribution in [0.3, 0.4) is 0 Å². The van der Waals surface area contributed by atoms with Crippen LogP contribution in [0.4, 0.5) is 0 Å². The van der Waals surface area contributed by atoms with E-state index in [-0.39, 0.29) is 12.4 Å². The zero-order valence-electron chi connectivity index (χ0n) is 5.97. The first-order chi connectivity index (χ1) is 4.43. The zero-order chi connectivity index (χ0) is 6.53. The molecule has 0 amide bonds. The number of hydrogen-bond acceptors (Lipinski definition) is 2. The predicted molar refractivity (Wildman–Crippen MR) is 43.1 cm³/mol. The summed E-state index contributed by atoms with van der Waals surface area (Å²) in [5.74, 6) is 0.319. The zero-order valence-corrected chi connectivity index (χ0v) is 6.78. The van der Waals surface area contributed by atoms with Crippen LogP contribution in [0.2, 0.25) is 0 Å². The normalized spacial score (nSPS) is 25.7. The Labute approximate surface area is 68.0 Å². The molecule has 0 aliphatic carbocycles. The minimum atomic E-state index is 0. The van der Waals surface area contributed by atoms with Crippen molar-refractivity contribution in [2.45, 2.75) is 19.3 Å². The fraction of sp³-hybridized carbons (Fsp3) is 0.857. The fourth-order valence-corrected chi connectivity index (χ4v) is 1.15. The van der Waals surface area contributed by atoms with Gasteiger partial charge in [-0.15, -0.1) is 12.4 Å². The Morgan fingerprint density at radius 1 is 1.30 bits per heavy atom. The van der Waals surface area contributed by atoms with Crippen molar-refractivity contribution in [3.8, 4) is 6.07 Å². The minimum Gasteiger partial charge on any atom is -0.317 e. The Morgan fingerprint density at radius 3 is 2.80 bits per heavy atom. The van der Waals surface area contributed by atoms with Gasteiger partial charge < -0.3 is 5.32 Å². The first-order valence-corrected chi connectivity index (χ1v) is 3.54. The van der Waals surface area contributed by atoms with Gasteiger partial charge in [0.1, 0.15) is 0 Å². The molecule has 1 heterocycles. The Balaban J connectivity index is 0.000000810. The third-order valence-electron chi connectivity index (χ3n) is 1.76. The molecule has 1 saturated heterocycles. The monoisotopic (exact) mass is 160 g/mol. The maximum absolute atomic E-state index is 8.54. The molecule has 0 bridgehead atoms. The molecule has 0 radical (unpaired) electrons. The molecule has 0 aromatic rings. The van der Waals surface area contributed by atoms with Gasteiger partial charge in [-0.2, -0.15) is 5.26 Å². The topological polar surface area (TPSA) is 35.8 Å². The SMILES string of the molecule is Cl.N#C[C@@H]1CCCNCC1. The molecule has 1 aliphatic heterocycles. The number of nitrogens with one attached hydrogen (secondary N) is 1. The molecule has 1 aliphatic rings. The second-order valence-electron chi connectivity index (χ2n) is 2.51. The standard InChI is InChI=1S/C7H12N2.ClH/c8-6-7-2-1-4-9-5-3-7;/h7,9H,1-5H2;1H/t7-;/m1./s1. The largest absolute Gasteiger partial charge is 0.317 e. The van der Waals surface area contributed by atoms with E-state index in [2.05, 4.69) is 11.4 Å². The van der Waals surface area contributed by atoms with Crippen molar-refractivity contribution in [2.24, 2.45) is 5.92 Å². The van der Waals surface area contributed by atoms with Gasteiger partial charge in [0.2, 0.25) is 0 Å². The van der Waals surface area contributed by atoms with Crippen LogP contribution in [-0.2, 0) is 0 Å². The van der Waals surface area contributed by atoms with Crippen molar-refractivity contribution in [3.63, 3.8) is 0 Å². The molecule has 1 atom stereocenters. The summed E-state index contributed by atoms with van der Waals surface area (Å²) >= 11 is 0. The lowest BCUT2D eigenvalue weighted by atomic mass is 10.0. The first-order valence-electron chi connectivity index (χ1n) is 3.54. The number of halogens is 1. The highest BCUT2D eigenvalue weighted by Gasteiger charge is 2.08. The number of rotatable bonds is 0. The summed E-state index contributed by atoms with van der Waals surface area (Å²) in [5, 5.41) is 11.8. The molecule has 1 fully saturated rings. The van der Waals surface area contributed by atoms with Crippen molar-refractivity contribution in [1.29, 1.82) is 5.26 Å². The summed E-state index contributed by atoms with van der Waals surface area (Å²) in [7, 11) is 0. The maximum atomic E-state index is 8.54. The maximum Gasteiger partial charge on any atom is 0.0656 e. The van der Waals surface area contributed by atoms with Gasteiger partial charge in [0.05, 0.1) is 6.07 Å². The highest BCUT2D eigenvalue weighted by Crippen LogP contribution is 2.10. The van der Waals surface area contributed by atoms with Crippen molar-refractivity contribution in [1.82, 2.24) is 5.32 Å². The van der Waals surface area contributed by atoms with Gasteiger partial charge in [-0.1, -0.05) is 0 Å². The summed E-state index contributed by atoms with van der Waals surface area (Å²) in [4.78, 5) is 0. The van der Waals surface area contributed by atoms with Crippen LogP contribution in [0, 0.1) is 17.2 Å². The molecule has 58 valence electrons. The summed E-state index contributed by atoms with van der Waals surface area (Å²) in [6, 6.07) is 2.30. The van der Waals surface area contributed by atoms with Crippen LogP contribution in [-0.4, -0.2) is 13.1 Å². The van der Waals surface area contributed by atoms with Gasteiger partial charge in [-0.05, 0) is 32.4 Å². The molecule has 3 heteroatoms. The lowest BCUT2D eigenvalue weighted by Crippen LogP contribution is -2.13. The van der Waals surface area contributed by atoms with Crippen molar-refractivity contribution in [3.05, 3.63) is 0 Å². The van der Waals surface area contributed by atoms with E-state index in [9.17, 15) is 0 Å². The first kappa shape index (κ1) is 9.74. The Hall–Kier alpha value is -0.260. The van der Waals surface area contributed by atoms with Crippen LogP contribution >= 0.6 is 12.4 Å². The highest BCUT2D eigenvalue weighted by atomic mass is 35.5. The van der Waals surface area contributed by atoms with E-state index in [1.165, 1.54) is 0 Å². The number of hydrogen-bond donors (Lipinski definition) is 1. The Bertz CT molecular complexity index is 111. The van der Waals surface area contributed by atoms with Crippen LogP contribution in [0.5, 0.6) is 0 Å². The van der Waals surface area contributed by atoms with Gasteiger partial charge in [-0.3, -0.25) is 0 Å². The highest BCUT2D eigenvalue weighted by molar-refractivity contribution is 5.85. The molecule has 1 N–H and O–H groups in total. The molecule has 0 spiro atoms. The summed E-state index contributed by atoms with van der Waals surface area (Å²) in [6.07, 6.45) is 3.29. The third-order valence-corrected chi connectivity index (χ3v) is 1.76. The van der Waals surface area contributed by atoms with Gasteiger partial charge in [0.25, 0.3) is 0 Å². The van der Waals surface area contributed by atoms with Gasteiger partial charge in [0.15, 0.2) is 0 Å². The lowest BCUT2D eigenvalue weighted by molar-refractivity contribution is 0.588. The molecular formula is C7H13ClN2. The number of nitrogens with zero attached hydrogens (tertiary/aromatic N) is 1. The quantitative estimate of drug-likeness (QED) is 0.580. The summed E-state index contributed by atoms with van der Waals surface area (Å²) < 4.78 is 0. The molecular weight excluding hydrogens is 148 g/mol. The molecule has 0 aromatic heterocycles. The average molecular weight is 161 g/mol. The van der Waals surface area contributed by atoms with Crippen LogP contribution in [0.15, 0.2) is 0 Å². The van der Waals surface area contributed by atoms with E-state index in [1.807, 2.05) is 0 Å². The minimum absolute atomic E-state index is 0. The van der Waals surface area contributed by atoms with E-state index in [4.69, 9.17) is 5.26 Å². The van der Waals surface area contributed by atoms with Gasteiger partial charge in [-0.25, -0.2) is 0 Å². The second-order valence-corrected chi connectivity index (χ2v) is 2.51. The number of nitriles is 1. The second kappa shape index (κ2) is 5.52. The van der Waals surface area contributed by atoms with E-state index in [1.54, 1.807) is 0 Å². The Kier molecular flexibility index (Phi) is 5.38. The van der Waals surface area contributed by atoms with Crippen LogP contribution in [0.1, 0.15) is 19.3 Å². The molecule has 0 unspecified atom stereocenters. The third kappa shape index (κ3) is 3.05. The van der Waals surface area contributed by atoms with E-state index >= 15 is 0 Å². The summed E-state index contributed by atoms with van der Waals surface area (Å²) in [6.45, 7) is 2.12. The van der Waals surface area contributed by atoms with Crippen LogP contribution < -0.4 is 5.32 Å². The molecule has 0 aromatic carbocycles. The van der Waals surface area contributed by atoms with Crippen LogP contribution in [0.25, 0.3) is 0 Å². The van der Waals surface area contributed by atoms with Crippen molar-refractivity contribution < 1.29 is 0 Å². The average Bonchev–Trinajstić information content (AvgIpc) is 2.13. The van der Waals surface area contributed by atoms with Gasteiger partial charge >= 0.3 is 0 Å². The Morgan fingerprint density at radius 2 is 2.10 bits per heavy atom. The molecule has 2 nitrogen and oxygen atoms in total. The van der Waals surface area contributed by atoms with Crippen molar-refractivity contribution >= 4 is 12.4 Å². The van der Waals surface area contributed by atoms with E-state index in [0.29, 0.717) is 5.92 Å². The molecule has 10 heavy (non-hydrogen) atoms. The smallest absolute Gasteiger partial charge is 0.0656 e. The lowest BCUT2D eigenvalue weighted by Gasteiger charge is -1.99. The van der Waals surface area contributed by atoms with E-state index in [0.717, 1.165) is 32.4 Å². The molecule has 1 rings (SSSR count). The van der Waals surface area contributed by atoms with E-state index < -0.39 is 0 Å². The fourth-order valence-electron chi connectivity index (χ4n) is 1.15. The van der Waals surface area contributed by atoms with Crippen molar-refractivity contribution in [2.75, 3.05) is 13.1 Å². The predicted octanol–water partition coefficient (Wildman–Crippen LogP) is 1.32.